The van der Waals surface area contributed by atoms with Crippen LogP contribution in [0.5, 0.6) is 0 Å². The summed E-state index contributed by atoms with van der Waals surface area (Å²) in [7, 11) is 0. The second-order valence-corrected chi connectivity index (χ2v) is 5.32. The van der Waals surface area contributed by atoms with Crippen LogP contribution in [-0.2, 0) is 0 Å². The van der Waals surface area contributed by atoms with Gasteiger partial charge in [0.05, 0.1) is 5.41 Å². The van der Waals surface area contributed by atoms with E-state index in [-0.39, 0.29) is 6.54 Å². The molecule has 4 heteroatoms. The first-order valence-electron chi connectivity index (χ1n) is 6.33. The van der Waals surface area contributed by atoms with Crippen LogP contribution in [0.25, 0.3) is 0 Å². The fraction of sp³-hybridized carbons (Fsp3) is 1.00. The van der Waals surface area contributed by atoms with Crippen molar-refractivity contribution in [2.45, 2.75) is 51.1 Å². The number of alkyl halides is 3. The van der Waals surface area contributed by atoms with Gasteiger partial charge in [-0.1, -0.05) is 19.3 Å². The molecule has 1 aliphatic heterocycles. The van der Waals surface area contributed by atoms with Gasteiger partial charge in [-0.15, -0.1) is 0 Å². The smallest absolute Gasteiger partial charge is 0.302 e. The number of rotatable bonds is 2. The quantitative estimate of drug-likeness (QED) is 0.707. The minimum absolute atomic E-state index is 0.247. The molecule has 0 aromatic heterocycles. The van der Waals surface area contributed by atoms with Crippen LogP contribution < -0.4 is 0 Å². The molecule has 1 aliphatic carbocycles. The lowest BCUT2D eigenvalue weighted by molar-refractivity contribution is -0.228. The molecular formula is C12H20F3N. The van der Waals surface area contributed by atoms with E-state index in [1.807, 2.05) is 4.90 Å². The Balaban J connectivity index is 2.02. The lowest BCUT2D eigenvalue weighted by atomic mass is 9.84. The van der Waals surface area contributed by atoms with E-state index < -0.39 is 11.6 Å². The first-order chi connectivity index (χ1) is 7.54. The van der Waals surface area contributed by atoms with Gasteiger partial charge >= 0.3 is 6.18 Å². The van der Waals surface area contributed by atoms with Crippen LogP contribution in [0.4, 0.5) is 13.2 Å². The van der Waals surface area contributed by atoms with Crippen molar-refractivity contribution in [1.82, 2.24) is 4.90 Å². The topological polar surface area (TPSA) is 3.24 Å². The zero-order valence-electron chi connectivity index (χ0n) is 9.65. The van der Waals surface area contributed by atoms with Gasteiger partial charge in [0, 0.05) is 6.54 Å². The molecule has 0 bridgehead atoms. The molecule has 0 aromatic rings. The Morgan fingerprint density at radius 1 is 0.875 bits per heavy atom. The summed E-state index contributed by atoms with van der Waals surface area (Å²) < 4.78 is 39.4. The fourth-order valence-corrected chi connectivity index (χ4v) is 3.13. The number of likely N-dealkylation sites (tertiary alicyclic amines) is 1. The third-order valence-corrected chi connectivity index (χ3v) is 4.14. The van der Waals surface area contributed by atoms with Crippen molar-refractivity contribution in [2.75, 3.05) is 19.6 Å². The Hall–Kier alpha value is -0.250. The van der Waals surface area contributed by atoms with Crippen LogP contribution in [0.2, 0.25) is 0 Å². The molecule has 94 valence electrons. The number of piperidine rings is 1. The molecular weight excluding hydrogens is 215 g/mol. The molecule has 16 heavy (non-hydrogen) atoms. The van der Waals surface area contributed by atoms with Crippen molar-refractivity contribution in [3.8, 4) is 0 Å². The minimum Gasteiger partial charge on any atom is -0.302 e. The normalized spacial score (nSPS) is 27.2. The van der Waals surface area contributed by atoms with Crippen molar-refractivity contribution in [3.63, 3.8) is 0 Å². The van der Waals surface area contributed by atoms with Gasteiger partial charge in [0.2, 0.25) is 0 Å². The third kappa shape index (κ3) is 2.36. The summed E-state index contributed by atoms with van der Waals surface area (Å²) in [5.41, 5.74) is -1.38. The first kappa shape index (κ1) is 12.2. The Morgan fingerprint density at radius 3 is 1.94 bits per heavy atom. The monoisotopic (exact) mass is 235 g/mol. The average Bonchev–Trinajstić information content (AvgIpc) is 2.68. The first-order valence-corrected chi connectivity index (χ1v) is 6.33. The molecule has 0 unspecified atom stereocenters. The molecule has 1 saturated carbocycles. The lowest BCUT2D eigenvalue weighted by Gasteiger charge is -2.38. The van der Waals surface area contributed by atoms with E-state index in [2.05, 4.69) is 0 Å². The number of hydrogen-bond acceptors (Lipinski definition) is 1. The molecule has 0 radical (unpaired) electrons. The van der Waals surface area contributed by atoms with E-state index in [1.54, 1.807) is 0 Å². The highest BCUT2D eigenvalue weighted by Crippen LogP contribution is 2.51. The van der Waals surface area contributed by atoms with Crippen LogP contribution in [0.15, 0.2) is 0 Å². The van der Waals surface area contributed by atoms with Crippen LogP contribution in [0.3, 0.4) is 0 Å². The van der Waals surface area contributed by atoms with E-state index in [0.717, 1.165) is 38.8 Å². The van der Waals surface area contributed by atoms with Crippen LogP contribution in [0.1, 0.15) is 44.9 Å². The molecule has 0 spiro atoms. The van der Waals surface area contributed by atoms with Crippen molar-refractivity contribution in [3.05, 3.63) is 0 Å². The van der Waals surface area contributed by atoms with Gasteiger partial charge in [-0.05, 0) is 38.8 Å². The highest BCUT2D eigenvalue weighted by Gasteiger charge is 2.56. The summed E-state index contributed by atoms with van der Waals surface area (Å²) in [5, 5.41) is 0. The summed E-state index contributed by atoms with van der Waals surface area (Å²) >= 11 is 0. The second-order valence-electron chi connectivity index (χ2n) is 5.32. The third-order valence-electron chi connectivity index (χ3n) is 4.14. The van der Waals surface area contributed by atoms with E-state index in [4.69, 9.17) is 0 Å². The summed E-state index contributed by atoms with van der Waals surface area (Å²) in [6.07, 6.45) is 1.46. The number of hydrogen-bond donors (Lipinski definition) is 0. The van der Waals surface area contributed by atoms with Gasteiger partial charge in [0.25, 0.3) is 0 Å². The molecule has 0 atom stereocenters. The number of nitrogens with zero attached hydrogens (tertiary/aromatic N) is 1. The van der Waals surface area contributed by atoms with Gasteiger partial charge in [-0.3, -0.25) is 0 Å². The SMILES string of the molecule is FC(F)(F)C1(CN2CCCCC2)CCCC1. The van der Waals surface area contributed by atoms with E-state index in [9.17, 15) is 13.2 Å². The minimum atomic E-state index is -4.01. The molecule has 0 aromatic carbocycles. The average molecular weight is 235 g/mol. The fourth-order valence-electron chi connectivity index (χ4n) is 3.13. The standard InChI is InChI=1S/C12H20F3N/c13-12(14,15)11(6-2-3-7-11)10-16-8-4-1-5-9-16/h1-10H2. The number of halogens is 3. The van der Waals surface area contributed by atoms with Crippen LogP contribution in [-0.4, -0.2) is 30.7 Å². The van der Waals surface area contributed by atoms with Gasteiger partial charge in [-0.2, -0.15) is 13.2 Å². The van der Waals surface area contributed by atoms with Crippen LogP contribution in [0, 0.1) is 5.41 Å². The van der Waals surface area contributed by atoms with Crippen molar-refractivity contribution >= 4 is 0 Å². The zero-order chi connectivity index (χ0) is 11.6. The highest BCUT2D eigenvalue weighted by atomic mass is 19.4. The van der Waals surface area contributed by atoms with Gasteiger partial charge < -0.3 is 4.90 Å². The summed E-state index contributed by atoms with van der Waals surface area (Å²) in [5.74, 6) is 0. The maximum atomic E-state index is 13.1. The molecule has 2 aliphatic rings. The molecule has 1 nitrogen and oxygen atoms in total. The predicted octanol–water partition coefficient (Wildman–Crippen LogP) is 3.60. The van der Waals surface area contributed by atoms with Crippen molar-refractivity contribution < 1.29 is 13.2 Å². The molecule has 1 saturated heterocycles. The van der Waals surface area contributed by atoms with Gasteiger partial charge in [0.15, 0.2) is 0 Å². The molecule has 0 amide bonds. The Kier molecular flexibility index (Phi) is 3.48. The Morgan fingerprint density at radius 2 is 1.44 bits per heavy atom. The summed E-state index contributed by atoms with van der Waals surface area (Å²) in [4.78, 5) is 2.03. The van der Waals surface area contributed by atoms with E-state index >= 15 is 0 Å². The zero-order valence-corrected chi connectivity index (χ0v) is 9.65. The summed E-state index contributed by atoms with van der Waals surface area (Å²) in [6, 6.07) is 0. The molecule has 2 fully saturated rings. The van der Waals surface area contributed by atoms with Crippen molar-refractivity contribution in [2.24, 2.45) is 5.41 Å². The Labute approximate surface area is 95.0 Å². The summed E-state index contributed by atoms with van der Waals surface area (Å²) in [6.45, 7) is 1.96. The van der Waals surface area contributed by atoms with Crippen LogP contribution >= 0.6 is 0 Å². The largest absolute Gasteiger partial charge is 0.395 e. The van der Waals surface area contributed by atoms with E-state index in [0.29, 0.717) is 12.8 Å². The second kappa shape index (κ2) is 4.55. The molecule has 0 N–H and O–H groups in total. The van der Waals surface area contributed by atoms with Crippen molar-refractivity contribution in [1.29, 1.82) is 0 Å². The van der Waals surface area contributed by atoms with Gasteiger partial charge in [0.1, 0.15) is 0 Å². The molecule has 2 rings (SSSR count). The van der Waals surface area contributed by atoms with E-state index in [1.165, 1.54) is 6.42 Å². The molecule has 1 heterocycles. The lowest BCUT2D eigenvalue weighted by Crippen LogP contribution is -2.47. The maximum absolute atomic E-state index is 13.1. The van der Waals surface area contributed by atoms with Gasteiger partial charge in [-0.25, -0.2) is 0 Å². The maximum Gasteiger partial charge on any atom is 0.395 e. The highest BCUT2D eigenvalue weighted by molar-refractivity contribution is 4.93. The Bertz CT molecular complexity index is 225. The predicted molar refractivity (Wildman–Crippen MR) is 57.2 cm³/mol.